The molecule has 0 amide bonds. The van der Waals surface area contributed by atoms with E-state index in [4.69, 9.17) is 0 Å². The highest BCUT2D eigenvalue weighted by molar-refractivity contribution is 5.17. The molecule has 0 aromatic heterocycles. The quantitative estimate of drug-likeness (QED) is 0.0574. The van der Waals surface area contributed by atoms with Gasteiger partial charge in [-0.1, -0.05) is 181 Å². The van der Waals surface area contributed by atoms with Crippen molar-refractivity contribution in [3.8, 4) is 0 Å². The van der Waals surface area contributed by atoms with Crippen LogP contribution >= 0.6 is 0 Å². The lowest BCUT2D eigenvalue weighted by molar-refractivity contribution is -0.966. The van der Waals surface area contributed by atoms with Crippen LogP contribution in [0.1, 0.15) is 126 Å². The second kappa shape index (κ2) is 22.0. The number of quaternary nitrogens is 1. The molecule has 1 nitrogen and oxygen atoms in total. The third kappa shape index (κ3) is 15.0. The molecule has 0 aliphatic heterocycles. The van der Waals surface area contributed by atoms with Crippen molar-refractivity contribution in [2.45, 2.75) is 129 Å². The highest BCUT2D eigenvalue weighted by Crippen LogP contribution is 2.25. The molecular weight excluding hydrogens is 506 g/mol. The predicted molar refractivity (Wildman–Crippen MR) is 184 cm³/mol. The van der Waals surface area contributed by atoms with Gasteiger partial charge in [0.25, 0.3) is 0 Å². The van der Waals surface area contributed by atoms with Gasteiger partial charge in [-0.15, -0.1) is 0 Å². The average molecular weight is 567 g/mol. The Kier molecular flexibility index (Phi) is 17.7. The van der Waals surface area contributed by atoms with Crippen molar-refractivity contribution in [1.29, 1.82) is 0 Å². The van der Waals surface area contributed by atoms with E-state index >= 15 is 0 Å². The molecule has 3 aromatic rings. The molecule has 1 heteroatoms. The maximum absolute atomic E-state index is 2.46. The third-order valence-electron chi connectivity index (χ3n) is 8.73. The summed E-state index contributed by atoms with van der Waals surface area (Å²) < 4.78 is 1.07. The highest BCUT2D eigenvalue weighted by Gasteiger charge is 2.28. The number of benzene rings is 3. The number of nitrogens with zero attached hydrogens (tertiary/aromatic N) is 1. The monoisotopic (exact) mass is 566 g/mol. The fraction of sp³-hybridized carbons (Fsp3) is 0.512. The molecule has 0 saturated heterocycles. The van der Waals surface area contributed by atoms with Gasteiger partial charge in [-0.25, -0.2) is 0 Å². The SMILES string of the molecule is CCCCCCCCCCCCCC/C=C/CCCC[N+](Cc1ccccc1)(Cc1ccccc1)Cc1ccccc1. The smallest absolute Gasteiger partial charge is 0.105 e. The van der Waals surface area contributed by atoms with Gasteiger partial charge in [-0.2, -0.15) is 0 Å². The Hall–Kier alpha value is -2.64. The van der Waals surface area contributed by atoms with Crippen LogP contribution in [0.15, 0.2) is 103 Å². The maximum Gasteiger partial charge on any atom is 0.105 e. The molecular formula is C41H60N+. The van der Waals surface area contributed by atoms with Gasteiger partial charge in [-0.05, 0) is 32.1 Å². The van der Waals surface area contributed by atoms with E-state index in [1.165, 1.54) is 126 Å². The standard InChI is InChI=1S/C41H60N/c1-2-3-4-5-6-7-8-9-10-11-12-13-14-15-16-17-18-28-35-42(36-39-29-22-19-23-30-39,37-40-31-24-20-25-32-40)38-41-33-26-21-27-34-41/h15-16,19-27,29-34H,2-14,17-18,28,35-38H2,1H3/q+1/b16-15+. The Labute approximate surface area is 259 Å². The van der Waals surface area contributed by atoms with Crippen LogP contribution in [0.5, 0.6) is 0 Å². The van der Waals surface area contributed by atoms with Crippen molar-refractivity contribution in [2.24, 2.45) is 0 Å². The van der Waals surface area contributed by atoms with Gasteiger partial charge in [0.05, 0.1) is 6.54 Å². The first kappa shape index (κ1) is 33.9. The molecule has 0 unspecified atom stereocenters. The van der Waals surface area contributed by atoms with E-state index in [9.17, 15) is 0 Å². The van der Waals surface area contributed by atoms with Gasteiger partial charge in [0.2, 0.25) is 0 Å². The fourth-order valence-corrected chi connectivity index (χ4v) is 6.37. The molecule has 0 bridgehead atoms. The molecule has 3 rings (SSSR count). The molecule has 0 aliphatic rings. The van der Waals surface area contributed by atoms with Crippen LogP contribution in [-0.2, 0) is 19.6 Å². The molecule has 0 spiro atoms. The van der Waals surface area contributed by atoms with Crippen LogP contribution in [0.3, 0.4) is 0 Å². The zero-order valence-electron chi connectivity index (χ0n) is 26.9. The Morgan fingerprint density at radius 1 is 0.405 bits per heavy atom. The first-order valence-corrected chi connectivity index (χ1v) is 17.4. The Morgan fingerprint density at radius 2 is 0.738 bits per heavy atom. The van der Waals surface area contributed by atoms with Gasteiger partial charge in [0.15, 0.2) is 0 Å². The fourth-order valence-electron chi connectivity index (χ4n) is 6.37. The van der Waals surface area contributed by atoms with Crippen molar-refractivity contribution < 1.29 is 4.48 Å². The Balaban J connectivity index is 1.39. The maximum atomic E-state index is 2.46. The van der Waals surface area contributed by atoms with Gasteiger partial charge < -0.3 is 4.48 Å². The van der Waals surface area contributed by atoms with Crippen LogP contribution in [-0.4, -0.2) is 11.0 Å². The number of hydrogen-bond acceptors (Lipinski definition) is 0. The lowest BCUT2D eigenvalue weighted by Gasteiger charge is -2.39. The van der Waals surface area contributed by atoms with E-state index in [1.807, 2.05) is 0 Å². The molecule has 3 aromatic carbocycles. The van der Waals surface area contributed by atoms with Gasteiger partial charge >= 0.3 is 0 Å². The lowest BCUT2D eigenvalue weighted by atomic mass is 10.0. The summed E-state index contributed by atoms with van der Waals surface area (Å²) >= 11 is 0. The molecule has 0 N–H and O–H groups in total. The van der Waals surface area contributed by atoms with Crippen molar-refractivity contribution >= 4 is 0 Å². The van der Waals surface area contributed by atoms with Gasteiger partial charge in [0, 0.05) is 16.7 Å². The van der Waals surface area contributed by atoms with E-state index in [1.54, 1.807) is 0 Å². The van der Waals surface area contributed by atoms with E-state index < -0.39 is 0 Å². The van der Waals surface area contributed by atoms with E-state index in [0.717, 1.165) is 24.1 Å². The average Bonchev–Trinajstić information content (AvgIpc) is 3.02. The summed E-state index contributed by atoms with van der Waals surface area (Å²) in [5, 5.41) is 0. The van der Waals surface area contributed by atoms with Crippen molar-refractivity contribution in [2.75, 3.05) is 6.54 Å². The van der Waals surface area contributed by atoms with Crippen LogP contribution in [0.2, 0.25) is 0 Å². The summed E-state index contributed by atoms with van der Waals surface area (Å²) in [7, 11) is 0. The normalized spacial score (nSPS) is 11.8. The largest absolute Gasteiger partial charge is 0.312 e. The number of unbranched alkanes of at least 4 members (excludes halogenated alkanes) is 14. The topological polar surface area (TPSA) is 0 Å². The zero-order valence-corrected chi connectivity index (χ0v) is 26.9. The first-order chi connectivity index (χ1) is 20.8. The molecule has 228 valence electrons. The van der Waals surface area contributed by atoms with Crippen molar-refractivity contribution in [3.63, 3.8) is 0 Å². The molecule has 0 radical (unpaired) electrons. The molecule has 0 fully saturated rings. The van der Waals surface area contributed by atoms with E-state index in [0.29, 0.717) is 0 Å². The summed E-state index contributed by atoms with van der Waals surface area (Å²) in [5.74, 6) is 0. The summed E-state index contributed by atoms with van der Waals surface area (Å²) in [4.78, 5) is 0. The predicted octanol–water partition coefficient (Wildman–Crippen LogP) is 12.2. The third-order valence-corrected chi connectivity index (χ3v) is 8.73. The van der Waals surface area contributed by atoms with E-state index in [-0.39, 0.29) is 0 Å². The molecule has 0 atom stereocenters. The minimum atomic E-state index is 1.07. The van der Waals surface area contributed by atoms with Gasteiger partial charge in [0.1, 0.15) is 19.6 Å². The van der Waals surface area contributed by atoms with Crippen LogP contribution in [0.4, 0.5) is 0 Å². The van der Waals surface area contributed by atoms with E-state index in [2.05, 4.69) is 110 Å². The second-order valence-electron chi connectivity index (χ2n) is 12.6. The molecule has 42 heavy (non-hydrogen) atoms. The number of allylic oxidation sites excluding steroid dienone is 2. The van der Waals surface area contributed by atoms with Crippen molar-refractivity contribution in [1.82, 2.24) is 0 Å². The van der Waals surface area contributed by atoms with Crippen molar-refractivity contribution in [3.05, 3.63) is 120 Å². The Bertz CT molecular complexity index is 939. The summed E-state index contributed by atoms with van der Waals surface area (Å²) in [6, 6.07) is 33.4. The second-order valence-corrected chi connectivity index (χ2v) is 12.6. The minimum Gasteiger partial charge on any atom is -0.312 e. The zero-order chi connectivity index (χ0) is 29.4. The molecule has 0 heterocycles. The molecule has 0 aliphatic carbocycles. The van der Waals surface area contributed by atoms with Crippen LogP contribution in [0, 0.1) is 0 Å². The molecule has 0 saturated carbocycles. The first-order valence-electron chi connectivity index (χ1n) is 17.4. The highest BCUT2D eigenvalue weighted by atomic mass is 15.3. The summed E-state index contributed by atoms with van der Waals surface area (Å²) in [6.45, 7) is 6.71. The minimum absolute atomic E-state index is 1.07. The Morgan fingerprint density at radius 3 is 1.12 bits per heavy atom. The summed E-state index contributed by atoms with van der Waals surface area (Å²) in [6.07, 6.45) is 27.0. The number of hydrogen-bond donors (Lipinski definition) is 0. The van der Waals surface area contributed by atoms with Crippen LogP contribution < -0.4 is 0 Å². The lowest BCUT2D eigenvalue weighted by Crippen LogP contribution is -2.46. The van der Waals surface area contributed by atoms with Crippen LogP contribution in [0.25, 0.3) is 0 Å². The number of rotatable bonds is 24. The van der Waals surface area contributed by atoms with Gasteiger partial charge in [-0.3, -0.25) is 0 Å². The summed E-state index contributed by atoms with van der Waals surface area (Å²) in [5.41, 5.74) is 4.31.